The smallest absolute Gasteiger partial charge is 0.153 e. The summed E-state index contributed by atoms with van der Waals surface area (Å²) in [6.07, 6.45) is 9.85. The Morgan fingerprint density at radius 2 is 1.68 bits per heavy atom. The van der Waals surface area contributed by atoms with Crippen LogP contribution in [0.4, 0.5) is 0 Å². The van der Waals surface area contributed by atoms with E-state index in [0.717, 1.165) is 30.6 Å². The van der Waals surface area contributed by atoms with Gasteiger partial charge >= 0.3 is 0 Å². The number of aldehydes is 1. The van der Waals surface area contributed by atoms with Gasteiger partial charge in [0.05, 0.1) is 25.0 Å². The van der Waals surface area contributed by atoms with Crippen LogP contribution in [0.1, 0.15) is 57.9 Å². The SMILES string of the molecule is CCCCCCCCOc1ccc(C(C=O)=COCC)cc1. The van der Waals surface area contributed by atoms with Crippen LogP contribution < -0.4 is 4.74 Å². The highest BCUT2D eigenvalue weighted by Gasteiger charge is 2.02. The molecular formula is C19H28O3. The Morgan fingerprint density at radius 3 is 2.32 bits per heavy atom. The normalized spacial score (nSPS) is 11.3. The summed E-state index contributed by atoms with van der Waals surface area (Å²) in [5, 5.41) is 0. The number of hydrogen-bond acceptors (Lipinski definition) is 3. The number of benzene rings is 1. The van der Waals surface area contributed by atoms with Gasteiger partial charge in [0.1, 0.15) is 5.75 Å². The Hall–Kier alpha value is -1.77. The van der Waals surface area contributed by atoms with Gasteiger partial charge in [0.2, 0.25) is 0 Å². The van der Waals surface area contributed by atoms with Crippen molar-refractivity contribution in [1.29, 1.82) is 0 Å². The van der Waals surface area contributed by atoms with Gasteiger partial charge in [-0.2, -0.15) is 0 Å². The minimum Gasteiger partial charge on any atom is -0.501 e. The van der Waals surface area contributed by atoms with E-state index in [4.69, 9.17) is 9.47 Å². The van der Waals surface area contributed by atoms with Gasteiger partial charge in [0.15, 0.2) is 6.29 Å². The number of allylic oxidation sites excluding steroid dienone is 1. The summed E-state index contributed by atoms with van der Waals surface area (Å²) in [5.74, 6) is 0.846. The first-order valence-electron chi connectivity index (χ1n) is 8.32. The second-order valence-corrected chi connectivity index (χ2v) is 5.29. The molecule has 1 aromatic rings. The van der Waals surface area contributed by atoms with Crippen LogP contribution in [-0.2, 0) is 9.53 Å². The molecule has 0 radical (unpaired) electrons. The third kappa shape index (κ3) is 7.30. The van der Waals surface area contributed by atoms with Gasteiger partial charge in [-0.25, -0.2) is 0 Å². The highest BCUT2D eigenvalue weighted by Crippen LogP contribution is 2.18. The molecule has 0 amide bonds. The first kappa shape index (κ1) is 18.3. The van der Waals surface area contributed by atoms with Gasteiger partial charge in [0.25, 0.3) is 0 Å². The molecule has 0 fully saturated rings. The summed E-state index contributed by atoms with van der Waals surface area (Å²) in [6, 6.07) is 7.57. The molecule has 3 nitrogen and oxygen atoms in total. The predicted octanol–water partition coefficient (Wildman–Crippen LogP) is 5.00. The maximum absolute atomic E-state index is 11.0. The third-order valence-corrected chi connectivity index (χ3v) is 3.46. The number of ether oxygens (including phenoxy) is 2. The van der Waals surface area contributed by atoms with Crippen molar-refractivity contribution in [2.24, 2.45) is 0 Å². The average molecular weight is 304 g/mol. The van der Waals surface area contributed by atoms with Gasteiger partial charge in [-0.05, 0) is 31.0 Å². The molecule has 0 N–H and O–H groups in total. The summed E-state index contributed by atoms with van der Waals surface area (Å²) in [5.41, 5.74) is 1.39. The van der Waals surface area contributed by atoms with Crippen LogP contribution in [0.2, 0.25) is 0 Å². The van der Waals surface area contributed by atoms with Crippen molar-refractivity contribution >= 4 is 11.9 Å². The van der Waals surface area contributed by atoms with E-state index in [2.05, 4.69) is 6.92 Å². The summed E-state index contributed by atoms with van der Waals surface area (Å²) in [4.78, 5) is 11.0. The van der Waals surface area contributed by atoms with Crippen LogP contribution in [0.25, 0.3) is 5.57 Å². The zero-order valence-corrected chi connectivity index (χ0v) is 13.8. The van der Waals surface area contributed by atoms with Gasteiger partial charge in [-0.1, -0.05) is 51.2 Å². The van der Waals surface area contributed by atoms with Crippen LogP contribution in [-0.4, -0.2) is 19.5 Å². The molecule has 0 aliphatic carbocycles. The molecule has 3 heteroatoms. The molecule has 0 saturated carbocycles. The Bertz CT molecular complexity index is 434. The van der Waals surface area contributed by atoms with Crippen molar-refractivity contribution in [3.05, 3.63) is 36.1 Å². The molecule has 0 saturated heterocycles. The molecule has 0 aliphatic rings. The van der Waals surface area contributed by atoms with Crippen LogP contribution >= 0.6 is 0 Å². The maximum atomic E-state index is 11.0. The Morgan fingerprint density at radius 1 is 1.00 bits per heavy atom. The molecule has 0 bridgehead atoms. The lowest BCUT2D eigenvalue weighted by atomic mass is 10.1. The number of hydrogen-bond donors (Lipinski definition) is 0. The second-order valence-electron chi connectivity index (χ2n) is 5.29. The molecule has 1 rings (SSSR count). The summed E-state index contributed by atoms with van der Waals surface area (Å²) in [7, 11) is 0. The van der Waals surface area contributed by atoms with E-state index in [0.29, 0.717) is 12.2 Å². The number of carbonyl (C=O) groups is 1. The number of unbranched alkanes of at least 4 members (excludes halogenated alkanes) is 5. The fourth-order valence-electron chi connectivity index (χ4n) is 2.15. The highest BCUT2D eigenvalue weighted by atomic mass is 16.5. The van der Waals surface area contributed by atoms with Crippen LogP contribution in [0.5, 0.6) is 5.75 Å². The monoisotopic (exact) mass is 304 g/mol. The van der Waals surface area contributed by atoms with E-state index in [1.807, 2.05) is 31.2 Å². The second kappa shape index (κ2) is 11.8. The van der Waals surface area contributed by atoms with Crippen LogP contribution in [0.15, 0.2) is 30.5 Å². The van der Waals surface area contributed by atoms with E-state index >= 15 is 0 Å². The number of rotatable bonds is 12. The van der Waals surface area contributed by atoms with Gasteiger partial charge in [-0.3, -0.25) is 4.79 Å². The summed E-state index contributed by atoms with van der Waals surface area (Å²) in [6.45, 7) is 5.42. The lowest BCUT2D eigenvalue weighted by Crippen LogP contribution is -1.97. The van der Waals surface area contributed by atoms with Crippen molar-refractivity contribution < 1.29 is 14.3 Å². The van der Waals surface area contributed by atoms with Crippen molar-refractivity contribution in [2.75, 3.05) is 13.2 Å². The molecule has 0 spiro atoms. The molecule has 0 heterocycles. The highest BCUT2D eigenvalue weighted by molar-refractivity contribution is 6.06. The molecule has 0 aromatic heterocycles. The first-order valence-corrected chi connectivity index (χ1v) is 8.32. The fraction of sp³-hybridized carbons (Fsp3) is 0.526. The summed E-state index contributed by atoms with van der Waals surface area (Å²) >= 11 is 0. The van der Waals surface area contributed by atoms with Gasteiger partial charge in [-0.15, -0.1) is 0 Å². The zero-order valence-electron chi connectivity index (χ0n) is 13.8. The molecule has 1 aromatic carbocycles. The third-order valence-electron chi connectivity index (χ3n) is 3.46. The number of carbonyl (C=O) groups excluding carboxylic acids is 1. The van der Waals surface area contributed by atoms with E-state index in [1.54, 1.807) is 0 Å². The van der Waals surface area contributed by atoms with Crippen molar-refractivity contribution in [3.63, 3.8) is 0 Å². The lowest BCUT2D eigenvalue weighted by molar-refractivity contribution is -0.103. The molecule has 0 atom stereocenters. The largest absolute Gasteiger partial charge is 0.501 e. The molecule has 0 unspecified atom stereocenters. The Kier molecular flexibility index (Phi) is 9.84. The fourth-order valence-corrected chi connectivity index (χ4v) is 2.15. The Labute approximate surface area is 134 Å². The van der Waals surface area contributed by atoms with Crippen LogP contribution in [0, 0.1) is 0 Å². The van der Waals surface area contributed by atoms with Crippen molar-refractivity contribution in [1.82, 2.24) is 0 Å². The predicted molar refractivity (Wildman–Crippen MR) is 91.0 cm³/mol. The zero-order chi connectivity index (χ0) is 16.0. The van der Waals surface area contributed by atoms with Crippen molar-refractivity contribution in [3.8, 4) is 5.75 Å². The van der Waals surface area contributed by atoms with E-state index in [-0.39, 0.29) is 0 Å². The van der Waals surface area contributed by atoms with E-state index in [9.17, 15) is 4.79 Å². The van der Waals surface area contributed by atoms with Crippen molar-refractivity contribution in [2.45, 2.75) is 52.4 Å². The topological polar surface area (TPSA) is 35.5 Å². The van der Waals surface area contributed by atoms with Crippen LogP contribution in [0.3, 0.4) is 0 Å². The molecule has 0 aliphatic heterocycles. The standard InChI is InChI=1S/C19H28O3/c1-3-5-6-7-8-9-14-22-19-12-10-17(11-13-19)18(15-20)16-21-4-2/h10-13,15-16H,3-9,14H2,1-2H3. The molecule has 22 heavy (non-hydrogen) atoms. The average Bonchev–Trinajstić information content (AvgIpc) is 2.56. The molecular weight excluding hydrogens is 276 g/mol. The lowest BCUT2D eigenvalue weighted by Gasteiger charge is -2.07. The summed E-state index contributed by atoms with van der Waals surface area (Å²) < 4.78 is 10.9. The van der Waals surface area contributed by atoms with E-state index < -0.39 is 0 Å². The minimum atomic E-state index is 0.546. The Balaban J connectivity index is 2.34. The van der Waals surface area contributed by atoms with E-state index in [1.165, 1.54) is 38.4 Å². The molecule has 122 valence electrons. The van der Waals surface area contributed by atoms with Gasteiger partial charge in [0, 0.05) is 0 Å². The minimum absolute atomic E-state index is 0.546. The quantitative estimate of drug-likeness (QED) is 0.236. The maximum Gasteiger partial charge on any atom is 0.153 e. The van der Waals surface area contributed by atoms with Gasteiger partial charge < -0.3 is 9.47 Å². The first-order chi connectivity index (χ1) is 10.8.